The summed E-state index contributed by atoms with van der Waals surface area (Å²) in [5.41, 5.74) is -0.838. The van der Waals surface area contributed by atoms with Gasteiger partial charge in [0.2, 0.25) is 5.91 Å². The highest BCUT2D eigenvalue weighted by molar-refractivity contribution is 5.97. The van der Waals surface area contributed by atoms with Crippen molar-refractivity contribution in [1.29, 1.82) is 0 Å². The highest BCUT2D eigenvalue weighted by Gasteiger charge is 2.17. The molecule has 0 aromatic heterocycles. The summed E-state index contributed by atoms with van der Waals surface area (Å²) < 4.78 is 26.5. The van der Waals surface area contributed by atoms with Gasteiger partial charge in [-0.3, -0.25) is 9.59 Å². The summed E-state index contributed by atoms with van der Waals surface area (Å²) in [6.45, 7) is 2.25. The summed E-state index contributed by atoms with van der Waals surface area (Å²) >= 11 is 0. The summed E-state index contributed by atoms with van der Waals surface area (Å²) in [6.07, 6.45) is 0. The van der Waals surface area contributed by atoms with Crippen molar-refractivity contribution in [3.8, 4) is 0 Å². The number of carbonyl (C=O) groups excluding carboxylic acids is 2. The largest absolute Gasteiger partial charge is 0.324 e. The average molecular weight is 213 g/mol. The maximum Gasteiger partial charge on any atom is 0.221 e. The average Bonchev–Trinajstić information content (AvgIpc) is 2.09. The van der Waals surface area contributed by atoms with Gasteiger partial charge in [-0.15, -0.1) is 0 Å². The third kappa shape index (κ3) is 2.37. The van der Waals surface area contributed by atoms with Crippen molar-refractivity contribution in [1.82, 2.24) is 0 Å². The molecule has 0 aliphatic rings. The quantitative estimate of drug-likeness (QED) is 0.765. The lowest BCUT2D eigenvalue weighted by Crippen LogP contribution is -2.11. The smallest absolute Gasteiger partial charge is 0.221 e. The minimum atomic E-state index is -1.04. The standard InChI is InChI=1S/C10H9F2NO2/c1-5(14)9-7(11)3-4-8(10(9)12)13-6(2)15/h3-4H,1-2H3,(H,13,15). The lowest BCUT2D eigenvalue weighted by Gasteiger charge is -2.07. The lowest BCUT2D eigenvalue weighted by molar-refractivity contribution is -0.114. The van der Waals surface area contributed by atoms with Crippen LogP contribution in [0, 0.1) is 11.6 Å². The van der Waals surface area contributed by atoms with Gasteiger partial charge in [0, 0.05) is 6.92 Å². The molecule has 1 N–H and O–H groups in total. The van der Waals surface area contributed by atoms with Gasteiger partial charge in [0.25, 0.3) is 0 Å². The van der Waals surface area contributed by atoms with E-state index in [2.05, 4.69) is 5.32 Å². The van der Waals surface area contributed by atoms with Crippen LogP contribution in [0.1, 0.15) is 24.2 Å². The predicted octanol–water partition coefficient (Wildman–Crippen LogP) is 2.13. The van der Waals surface area contributed by atoms with Crippen LogP contribution in [0.3, 0.4) is 0 Å². The van der Waals surface area contributed by atoms with Gasteiger partial charge in [-0.05, 0) is 19.1 Å². The number of benzene rings is 1. The number of amides is 1. The molecule has 1 aromatic carbocycles. The Morgan fingerprint density at radius 1 is 1.20 bits per heavy atom. The number of halogens is 2. The van der Waals surface area contributed by atoms with Gasteiger partial charge in [-0.1, -0.05) is 0 Å². The van der Waals surface area contributed by atoms with Crippen LogP contribution in [0.25, 0.3) is 0 Å². The van der Waals surface area contributed by atoms with Crippen LogP contribution in [-0.2, 0) is 4.79 Å². The van der Waals surface area contributed by atoms with E-state index >= 15 is 0 Å². The molecular weight excluding hydrogens is 204 g/mol. The molecule has 15 heavy (non-hydrogen) atoms. The molecule has 0 aliphatic carbocycles. The third-order valence-electron chi connectivity index (χ3n) is 1.75. The Labute approximate surface area is 85.1 Å². The van der Waals surface area contributed by atoms with Crippen molar-refractivity contribution in [2.75, 3.05) is 5.32 Å². The number of anilines is 1. The van der Waals surface area contributed by atoms with E-state index in [4.69, 9.17) is 0 Å². The summed E-state index contributed by atoms with van der Waals surface area (Å²) in [6, 6.07) is 2.00. The van der Waals surface area contributed by atoms with Crippen molar-refractivity contribution in [3.05, 3.63) is 29.3 Å². The highest BCUT2D eigenvalue weighted by Crippen LogP contribution is 2.21. The molecular formula is C10H9F2NO2. The molecule has 0 atom stereocenters. The van der Waals surface area contributed by atoms with Gasteiger partial charge in [-0.25, -0.2) is 8.78 Å². The van der Waals surface area contributed by atoms with Gasteiger partial charge < -0.3 is 5.32 Å². The van der Waals surface area contributed by atoms with Gasteiger partial charge in [0.05, 0.1) is 11.3 Å². The molecule has 0 unspecified atom stereocenters. The van der Waals surface area contributed by atoms with Crippen LogP contribution in [0.4, 0.5) is 14.5 Å². The molecule has 0 heterocycles. The summed E-state index contributed by atoms with van der Waals surface area (Å²) in [5.74, 6) is -3.20. The number of hydrogen-bond acceptors (Lipinski definition) is 2. The molecule has 1 amide bonds. The minimum Gasteiger partial charge on any atom is -0.324 e. The fraction of sp³-hybridized carbons (Fsp3) is 0.200. The summed E-state index contributed by atoms with van der Waals surface area (Å²) in [7, 11) is 0. The van der Waals surface area contributed by atoms with Crippen LogP contribution in [-0.4, -0.2) is 11.7 Å². The Kier molecular flexibility index (Phi) is 3.14. The van der Waals surface area contributed by atoms with Crippen LogP contribution in [0.5, 0.6) is 0 Å². The normalized spacial score (nSPS) is 9.87. The molecule has 0 saturated heterocycles. The van der Waals surface area contributed by atoms with E-state index in [1.807, 2.05) is 0 Å². The predicted molar refractivity (Wildman–Crippen MR) is 50.7 cm³/mol. The molecule has 80 valence electrons. The summed E-state index contributed by atoms with van der Waals surface area (Å²) in [5, 5.41) is 2.16. The topological polar surface area (TPSA) is 46.2 Å². The Bertz CT molecular complexity index is 430. The number of hydrogen-bond donors (Lipinski definition) is 1. The first kappa shape index (κ1) is 11.3. The Hall–Kier alpha value is -1.78. The third-order valence-corrected chi connectivity index (χ3v) is 1.75. The van der Waals surface area contributed by atoms with Crippen LogP contribution < -0.4 is 5.32 Å². The van der Waals surface area contributed by atoms with E-state index < -0.39 is 28.9 Å². The maximum atomic E-state index is 13.5. The zero-order valence-electron chi connectivity index (χ0n) is 8.23. The van der Waals surface area contributed by atoms with E-state index in [0.29, 0.717) is 0 Å². The summed E-state index contributed by atoms with van der Waals surface area (Å²) in [4.78, 5) is 21.6. The van der Waals surface area contributed by atoms with E-state index in [-0.39, 0.29) is 5.69 Å². The first-order valence-electron chi connectivity index (χ1n) is 4.20. The minimum absolute atomic E-state index is 0.200. The second-order valence-electron chi connectivity index (χ2n) is 3.02. The van der Waals surface area contributed by atoms with Crippen molar-refractivity contribution in [2.45, 2.75) is 13.8 Å². The Morgan fingerprint density at radius 2 is 1.80 bits per heavy atom. The molecule has 0 bridgehead atoms. The van der Waals surface area contributed by atoms with Gasteiger partial charge in [-0.2, -0.15) is 0 Å². The molecule has 1 rings (SSSR count). The van der Waals surface area contributed by atoms with Crippen molar-refractivity contribution >= 4 is 17.4 Å². The van der Waals surface area contributed by atoms with Crippen LogP contribution in [0.15, 0.2) is 12.1 Å². The molecule has 5 heteroatoms. The first-order valence-corrected chi connectivity index (χ1v) is 4.20. The Balaban J connectivity index is 3.28. The molecule has 0 aliphatic heterocycles. The molecule has 0 spiro atoms. The van der Waals surface area contributed by atoms with Crippen LogP contribution >= 0.6 is 0 Å². The van der Waals surface area contributed by atoms with E-state index in [0.717, 1.165) is 19.1 Å². The molecule has 1 aromatic rings. The number of ketones is 1. The number of rotatable bonds is 2. The molecule has 0 radical (unpaired) electrons. The van der Waals surface area contributed by atoms with Crippen LogP contribution in [0.2, 0.25) is 0 Å². The van der Waals surface area contributed by atoms with Crippen molar-refractivity contribution in [2.24, 2.45) is 0 Å². The van der Waals surface area contributed by atoms with E-state index in [1.54, 1.807) is 0 Å². The fourth-order valence-corrected chi connectivity index (χ4v) is 1.16. The van der Waals surface area contributed by atoms with E-state index in [1.165, 1.54) is 6.92 Å². The SMILES string of the molecule is CC(=O)Nc1ccc(F)c(C(C)=O)c1F. The number of Topliss-reactive ketones (excluding diaryl/α,β-unsaturated/α-hetero) is 1. The molecule has 0 fully saturated rings. The first-order chi connectivity index (χ1) is 6.93. The zero-order valence-corrected chi connectivity index (χ0v) is 8.23. The lowest BCUT2D eigenvalue weighted by atomic mass is 10.1. The second kappa shape index (κ2) is 4.16. The Morgan fingerprint density at radius 3 is 2.27 bits per heavy atom. The van der Waals surface area contributed by atoms with Gasteiger partial charge in [0.1, 0.15) is 5.82 Å². The van der Waals surface area contributed by atoms with Gasteiger partial charge in [0.15, 0.2) is 11.6 Å². The number of nitrogens with one attached hydrogen (secondary N) is 1. The molecule has 0 saturated carbocycles. The van der Waals surface area contributed by atoms with Crippen molar-refractivity contribution in [3.63, 3.8) is 0 Å². The second-order valence-corrected chi connectivity index (χ2v) is 3.02. The van der Waals surface area contributed by atoms with E-state index in [9.17, 15) is 18.4 Å². The molecule has 3 nitrogen and oxygen atoms in total. The fourth-order valence-electron chi connectivity index (χ4n) is 1.16. The number of carbonyl (C=O) groups is 2. The monoisotopic (exact) mass is 213 g/mol. The maximum absolute atomic E-state index is 13.5. The zero-order chi connectivity index (χ0) is 11.6. The highest BCUT2D eigenvalue weighted by atomic mass is 19.1. The van der Waals surface area contributed by atoms with Crippen molar-refractivity contribution < 1.29 is 18.4 Å². The van der Waals surface area contributed by atoms with Gasteiger partial charge >= 0.3 is 0 Å².